The van der Waals surface area contributed by atoms with Gasteiger partial charge in [0.25, 0.3) is 0 Å². The number of nitrogens with zero attached hydrogens (tertiary/aromatic N) is 1. The number of rotatable bonds is 4. The van der Waals surface area contributed by atoms with Crippen molar-refractivity contribution in [2.75, 3.05) is 26.9 Å². The molecule has 2 unspecified atom stereocenters. The molecular weight excluding hydrogens is 238 g/mol. The zero-order chi connectivity index (χ0) is 14.7. The van der Waals surface area contributed by atoms with Gasteiger partial charge in [-0.05, 0) is 39.0 Å². The van der Waals surface area contributed by atoms with E-state index in [2.05, 4.69) is 46.4 Å². The third-order valence-corrected chi connectivity index (χ3v) is 4.06. The van der Waals surface area contributed by atoms with E-state index in [1.54, 1.807) is 7.11 Å². The van der Waals surface area contributed by atoms with Crippen LogP contribution in [-0.2, 0) is 9.47 Å². The predicted molar refractivity (Wildman–Crippen MR) is 80.6 cm³/mol. The minimum absolute atomic E-state index is 0.232. The van der Waals surface area contributed by atoms with Crippen LogP contribution < -0.4 is 0 Å². The molecule has 0 spiro atoms. The summed E-state index contributed by atoms with van der Waals surface area (Å²) in [7, 11) is 1.73. The molecule has 1 rings (SSSR count). The maximum atomic E-state index is 5.96. The van der Waals surface area contributed by atoms with Crippen molar-refractivity contribution in [1.82, 2.24) is 4.90 Å². The van der Waals surface area contributed by atoms with Crippen LogP contribution in [-0.4, -0.2) is 49.5 Å². The standard InChI is InChI=1S/C16H33NO2/c1-15(2,3)14-12-13(19-11-10-18-7)8-9-17(14)16(4,5)6/h13-14H,8-12H2,1-7H3. The van der Waals surface area contributed by atoms with Crippen LogP contribution in [0.5, 0.6) is 0 Å². The molecule has 0 aromatic heterocycles. The minimum atomic E-state index is 0.232. The van der Waals surface area contributed by atoms with Crippen LogP contribution in [0.25, 0.3) is 0 Å². The first kappa shape index (κ1) is 16.9. The summed E-state index contributed by atoms with van der Waals surface area (Å²) in [6, 6.07) is 0.578. The molecular formula is C16H33NO2. The number of likely N-dealkylation sites (tertiary alicyclic amines) is 1. The van der Waals surface area contributed by atoms with E-state index >= 15 is 0 Å². The van der Waals surface area contributed by atoms with Crippen molar-refractivity contribution in [3.63, 3.8) is 0 Å². The number of hydrogen-bond acceptors (Lipinski definition) is 3. The van der Waals surface area contributed by atoms with Crippen molar-refractivity contribution in [2.45, 2.75) is 72.1 Å². The van der Waals surface area contributed by atoms with Crippen molar-refractivity contribution in [3.05, 3.63) is 0 Å². The molecule has 0 N–H and O–H groups in total. The number of hydrogen-bond donors (Lipinski definition) is 0. The Balaban J connectivity index is 2.67. The van der Waals surface area contributed by atoms with E-state index in [0.717, 1.165) is 19.4 Å². The van der Waals surface area contributed by atoms with Crippen LogP contribution in [0, 0.1) is 5.41 Å². The fourth-order valence-electron chi connectivity index (χ4n) is 3.01. The number of piperidine rings is 1. The van der Waals surface area contributed by atoms with Gasteiger partial charge < -0.3 is 9.47 Å². The SMILES string of the molecule is COCCOC1CCN(C(C)(C)C)C(C(C)(C)C)C1. The van der Waals surface area contributed by atoms with Gasteiger partial charge in [-0.3, -0.25) is 4.90 Å². The van der Waals surface area contributed by atoms with Crippen molar-refractivity contribution in [1.29, 1.82) is 0 Å². The fraction of sp³-hybridized carbons (Fsp3) is 1.00. The van der Waals surface area contributed by atoms with Gasteiger partial charge in [-0.25, -0.2) is 0 Å². The Morgan fingerprint density at radius 1 is 1.05 bits per heavy atom. The molecule has 3 heteroatoms. The van der Waals surface area contributed by atoms with Crippen LogP contribution in [0.4, 0.5) is 0 Å². The molecule has 0 aromatic carbocycles. The summed E-state index contributed by atoms with van der Waals surface area (Å²) in [5.74, 6) is 0. The molecule has 1 fully saturated rings. The van der Waals surface area contributed by atoms with Gasteiger partial charge >= 0.3 is 0 Å². The summed E-state index contributed by atoms with van der Waals surface area (Å²) in [6.45, 7) is 16.5. The molecule has 0 saturated carbocycles. The molecule has 1 aliphatic heterocycles. The molecule has 1 aliphatic rings. The molecule has 0 amide bonds. The zero-order valence-electron chi connectivity index (χ0n) is 14.0. The minimum Gasteiger partial charge on any atom is -0.382 e. The Labute approximate surface area is 119 Å². The van der Waals surface area contributed by atoms with Gasteiger partial charge in [0, 0.05) is 25.2 Å². The van der Waals surface area contributed by atoms with E-state index in [-0.39, 0.29) is 11.0 Å². The molecule has 2 atom stereocenters. The van der Waals surface area contributed by atoms with E-state index < -0.39 is 0 Å². The van der Waals surface area contributed by atoms with Crippen molar-refractivity contribution >= 4 is 0 Å². The summed E-state index contributed by atoms with van der Waals surface area (Å²) in [5.41, 5.74) is 0.520. The summed E-state index contributed by atoms with van der Waals surface area (Å²) in [4.78, 5) is 2.66. The highest BCUT2D eigenvalue weighted by atomic mass is 16.5. The quantitative estimate of drug-likeness (QED) is 0.732. The molecule has 0 aliphatic carbocycles. The number of methoxy groups -OCH3 is 1. The van der Waals surface area contributed by atoms with Crippen LogP contribution in [0.1, 0.15) is 54.4 Å². The van der Waals surface area contributed by atoms with Gasteiger partial charge in [-0.15, -0.1) is 0 Å². The highest BCUT2D eigenvalue weighted by Gasteiger charge is 2.40. The molecule has 3 nitrogen and oxygen atoms in total. The zero-order valence-corrected chi connectivity index (χ0v) is 14.0. The molecule has 0 bridgehead atoms. The highest BCUT2D eigenvalue weighted by Crippen LogP contribution is 2.36. The summed E-state index contributed by atoms with van der Waals surface area (Å²) < 4.78 is 11.0. The predicted octanol–water partition coefficient (Wildman–Crippen LogP) is 3.33. The normalized spacial score (nSPS) is 26.7. The average molecular weight is 271 g/mol. The monoisotopic (exact) mass is 271 g/mol. The summed E-state index contributed by atoms with van der Waals surface area (Å²) in [5, 5.41) is 0. The largest absolute Gasteiger partial charge is 0.382 e. The van der Waals surface area contributed by atoms with E-state index in [1.165, 1.54) is 0 Å². The van der Waals surface area contributed by atoms with E-state index in [9.17, 15) is 0 Å². The van der Waals surface area contributed by atoms with Crippen molar-refractivity contribution in [3.8, 4) is 0 Å². The van der Waals surface area contributed by atoms with Crippen molar-refractivity contribution in [2.24, 2.45) is 5.41 Å². The summed E-state index contributed by atoms with van der Waals surface area (Å²) >= 11 is 0. The number of ether oxygens (including phenoxy) is 2. The highest BCUT2D eigenvalue weighted by molar-refractivity contribution is 4.95. The Hall–Kier alpha value is -0.120. The second kappa shape index (κ2) is 6.55. The maximum Gasteiger partial charge on any atom is 0.0704 e. The van der Waals surface area contributed by atoms with E-state index in [1.807, 2.05) is 0 Å². The second-order valence-electron chi connectivity index (χ2n) is 7.76. The van der Waals surface area contributed by atoms with E-state index in [0.29, 0.717) is 25.4 Å². The molecule has 1 heterocycles. The first-order chi connectivity index (χ1) is 8.66. The Morgan fingerprint density at radius 2 is 1.68 bits per heavy atom. The molecule has 19 heavy (non-hydrogen) atoms. The lowest BCUT2D eigenvalue weighted by molar-refractivity contribution is -0.0791. The van der Waals surface area contributed by atoms with Gasteiger partial charge in [-0.2, -0.15) is 0 Å². The molecule has 1 saturated heterocycles. The van der Waals surface area contributed by atoms with Gasteiger partial charge in [0.1, 0.15) is 0 Å². The lowest BCUT2D eigenvalue weighted by Gasteiger charge is -2.51. The van der Waals surface area contributed by atoms with Crippen LogP contribution in [0.3, 0.4) is 0 Å². The van der Waals surface area contributed by atoms with Crippen LogP contribution >= 0.6 is 0 Å². The summed E-state index contributed by atoms with van der Waals surface area (Å²) in [6.07, 6.45) is 2.65. The van der Waals surface area contributed by atoms with Gasteiger partial charge in [-0.1, -0.05) is 20.8 Å². The molecule has 114 valence electrons. The fourth-order valence-corrected chi connectivity index (χ4v) is 3.01. The third-order valence-electron chi connectivity index (χ3n) is 4.06. The Kier molecular flexibility index (Phi) is 5.84. The van der Waals surface area contributed by atoms with Crippen LogP contribution in [0.2, 0.25) is 0 Å². The lowest BCUT2D eigenvalue weighted by atomic mass is 9.77. The van der Waals surface area contributed by atoms with Gasteiger partial charge in [0.2, 0.25) is 0 Å². The smallest absolute Gasteiger partial charge is 0.0704 e. The second-order valence-corrected chi connectivity index (χ2v) is 7.76. The first-order valence-electron chi connectivity index (χ1n) is 7.53. The Bertz CT molecular complexity index is 265. The maximum absolute atomic E-state index is 5.96. The van der Waals surface area contributed by atoms with Crippen LogP contribution in [0.15, 0.2) is 0 Å². The topological polar surface area (TPSA) is 21.7 Å². The molecule has 0 radical (unpaired) electrons. The first-order valence-corrected chi connectivity index (χ1v) is 7.53. The Morgan fingerprint density at radius 3 is 2.16 bits per heavy atom. The third kappa shape index (κ3) is 5.05. The van der Waals surface area contributed by atoms with Gasteiger partial charge in [0.15, 0.2) is 0 Å². The molecule has 0 aromatic rings. The average Bonchev–Trinajstić information content (AvgIpc) is 2.26. The van der Waals surface area contributed by atoms with Crippen molar-refractivity contribution < 1.29 is 9.47 Å². The lowest BCUT2D eigenvalue weighted by Crippen LogP contribution is -2.58. The van der Waals surface area contributed by atoms with E-state index in [4.69, 9.17) is 9.47 Å². The van der Waals surface area contributed by atoms with Gasteiger partial charge in [0.05, 0.1) is 19.3 Å².